The van der Waals surface area contributed by atoms with Crippen molar-refractivity contribution in [3.05, 3.63) is 24.3 Å². The molecule has 0 radical (unpaired) electrons. The molecule has 1 amide bonds. The summed E-state index contributed by atoms with van der Waals surface area (Å²) in [6.07, 6.45) is 0. The van der Waals surface area contributed by atoms with E-state index in [1.165, 1.54) is 13.1 Å². The standard InChI is InChI=1S/C13H21N3O3S/c1-13(2,12(17)15-4)9-16-20(18,19)11-8-6-5-7-10(11)14-3/h5-8,14,16H,9H2,1-4H3,(H,15,17). The van der Waals surface area contributed by atoms with Gasteiger partial charge in [-0.2, -0.15) is 0 Å². The zero-order chi connectivity index (χ0) is 15.4. The molecule has 0 saturated heterocycles. The van der Waals surface area contributed by atoms with Gasteiger partial charge in [0.05, 0.1) is 11.1 Å². The number of sulfonamides is 1. The Kier molecular flexibility index (Phi) is 5.13. The smallest absolute Gasteiger partial charge is 0.242 e. The number of amides is 1. The normalized spacial score (nSPS) is 12.0. The molecular weight excluding hydrogens is 278 g/mol. The largest absolute Gasteiger partial charge is 0.387 e. The molecule has 1 aromatic carbocycles. The maximum atomic E-state index is 12.3. The van der Waals surface area contributed by atoms with Gasteiger partial charge in [0.1, 0.15) is 4.90 Å². The van der Waals surface area contributed by atoms with Gasteiger partial charge in [0.2, 0.25) is 15.9 Å². The first-order valence-corrected chi connectivity index (χ1v) is 7.71. The first-order chi connectivity index (χ1) is 9.24. The molecule has 0 heterocycles. The fourth-order valence-electron chi connectivity index (χ4n) is 1.68. The van der Waals surface area contributed by atoms with E-state index in [2.05, 4.69) is 15.4 Å². The van der Waals surface area contributed by atoms with Crippen molar-refractivity contribution in [3.8, 4) is 0 Å². The van der Waals surface area contributed by atoms with E-state index in [0.29, 0.717) is 5.69 Å². The number of rotatable bonds is 6. The summed E-state index contributed by atoms with van der Waals surface area (Å²) in [7, 11) is -0.492. The van der Waals surface area contributed by atoms with Crippen molar-refractivity contribution in [1.29, 1.82) is 0 Å². The summed E-state index contributed by atoms with van der Waals surface area (Å²) in [6.45, 7) is 3.38. The lowest BCUT2D eigenvalue weighted by atomic mass is 9.93. The second-order valence-corrected chi connectivity index (χ2v) is 6.77. The Labute approximate surface area is 120 Å². The van der Waals surface area contributed by atoms with E-state index in [1.54, 1.807) is 39.1 Å². The third-order valence-corrected chi connectivity index (χ3v) is 4.45. The van der Waals surface area contributed by atoms with Crippen LogP contribution in [0.15, 0.2) is 29.2 Å². The van der Waals surface area contributed by atoms with Crippen LogP contribution < -0.4 is 15.4 Å². The zero-order valence-electron chi connectivity index (χ0n) is 12.1. The second kappa shape index (κ2) is 6.23. The first kappa shape index (κ1) is 16.5. The van der Waals surface area contributed by atoms with Gasteiger partial charge in [-0.15, -0.1) is 0 Å². The monoisotopic (exact) mass is 299 g/mol. The minimum atomic E-state index is -3.67. The molecule has 6 nitrogen and oxygen atoms in total. The highest BCUT2D eigenvalue weighted by molar-refractivity contribution is 7.89. The van der Waals surface area contributed by atoms with Crippen molar-refractivity contribution in [2.45, 2.75) is 18.7 Å². The molecule has 1 aromatic rings. The fourth-order valence-corrected chi connectivity index (χ4v) is 3.10. The van der Waals surface area contributed by atoms with Crippen molar-refractivity contribution in [3.63, 3.8) is 0 Å². The molecule has 0 aliphatic rings. The maximum Gasteiger partial charge on any atom is 0.242 e. The molecule has 1 rings (SSSR count). The minimum absolute atomic E-state index is 0.0209. The second-order valence-electron chi connectivity index (χ2n) is 5.03. The van der Waals surface area contributed by atoms with Crippen molar-refractivity contribution < 1.29 is 13.2 Å². The van der Waals surface area contributed by atoms with Crippen molar-refractivity contribution in [2.75, 3.05) is 26.0 Å². The third kappa shape index (κ3) is 3.71. The molecule has 7 heteroatoms. The highest BCUT2D eigenvalue weighted by atomic mass is 32.2. The van der Waals surface area contributed by atoms with E-state index in [-0.39, 0.29) is 17.3 Å². The van der Waals surface area contributed by atoms with Gasteiger partial charge in [-0.3, -0.25) is 4.79 Å². The lowest BCUT2D eigenvalue weighted by Crippen LogP contribution is -2.43. The molecule has 0 aliphatic carbocycles. The Hall–Kier alpha value is -1.60. The summed E-state index contributed by atoms with van der Waals surface area (Å²) in [5.41, 5.74) is -0.311. The van der Waals surface area contributed by atoms with Gasteiger partial charge in [-0.05, 0) is 26.0 Å². The number of hydrogen-bond donors (Lipinski definition) is 3. The van der Waals surface area contributed by atoms with Crippen LogP contribution in [0.5, 0.6) is 0 Å². The number of para-hydroxylation sites is 1. The average molecular weight is 299 g/mol. The first-order valence-electron chi connectivity index (χ1n) is 6.23. The molecular formula is C13H21N3O3S. The molecule has 3 N–H and O–H groups in total. The van der Waals surface area contributed by atoms with Crippen LogP contribution >= 0.6 is 0 Å². The summed E-state index contributed by atoms with van der Waals surface area (Å²) in [5, 5.41) is 5.35. The molecule has 0 bridgehead atoms. The van der Waals surface area contributed by atoms with Crippen LogP contribution in [-0.4, -0.2) is 35.0 Å². The number of carbonyl (C=O) groups excluding carboxylic acids is 1. The molecule has 0 aromatic heterocycles. The van der Waals surface area contributed by atoms with E-state index in [1.807, 2.05) is 0 Å². The predicted molar refractivity (Wildman–Crippen MR) is 79.0 cm³/mol. The molecule has 0 aliphatic heterocycles. The van der Waals surface area contributed by atoms with Crippen molar-refractivity contribution in [1.82, 2.24) is 10.0 Å². The van der Waals surface area contributed by atoms with Gasteiger partial charge in [-0.25, -0.2) is 13.1 Å². The minimum Gasteiger partial charge on any atom is -0.387 e. The Bertz CT molecular complexity index is 582. The van der Waals surface area contributed by atoms with Gasteiger partial charge in [-0.1, -0.05) is 12.1 Å². The lowest BCUT2D eigenvalue weighted by molar-refractivity contribution is -0.128. The molecule has 20 heavy (non-hydrogen) atoms. The lowest BCUT2D eigenvalue weighted by Gasteiger charge is -2.23. The van der Waals surface area contributed by atoms with Crippen molar-refractivity contribution in [2.24, 2.45) is 5.41 Å². The number of anilines is 1. The predicted octanol–water partition coefficient (Wildman–Crippen LogP) is 0.779. The average Bonchev–Trinajstić information content (AvgIpc) is 2.44. The summed E-state index contributed by atoms with van der Waals surface area (Å²) in [6, 6.07) is 6.60. The Morgan fingerprint density at radius 2 is 1.80 bits per heavy atom. The van der Waals surface area contributed by atoms with Crippen LogP contribution in [0.4, 0.5) is 5.69 Å². The summed E-state index contributed by atoms with van der Waals surface area (Å²) < 4.78 is 27.1. The molecule has 0 spiro atoms. The third-order valence-electron chi connectivity index (χ3n) is 2.99. The molecule has 112 valence electrons. The molecule has 0 fully saturated rings. The van der Waals surface area contributed by atoms with Crippen LogP contribution in [0.1, 0.15) is 13.8 Å². The molecule has 0 saturated carbocycles. The van der Waals surface area contributed by atoms with Gasteiger partial charge < -0.3 is 10.6 Å². The van der Waals surface area contributed by atoms with Crippen LogP contribution in [0.2, 0.25) is 0 Å². The van der Waals surface area contributed by atoms with E-state index >= 15 is 0 Å². The number of benzene rings is 1. The van der Waals surface area contributed by atoms with Gasteiger partial charge >= 0.3 is 0 Å². The van der Waals surface area contributed by atoms with Crippen LogP contribution in [0, 0.1) is 5.41 Å². The van der Waals surface area contributed by atoms with Gasteiger partial charge in [0.15, 0.2) is 0 Å². The molecule has 0 atom stereocenters. The summed E-state index contributed by atoms with van der Waals surface area (Å²) in [4.78, 5) is 11.8. The zero-order valence-corrected chi connectivity index (χ0v) is 13.0. The SMILES string of the molecule is CNC(=O)C(C)(C)CNS(=O)(=O)c1ccccc1NC. The molecule has 0 unspecified atom stereocenters. The maximum absolute atomic E-state index is 12.3. The fraction of sp³-hybridized carbons (Fsp3) is 0.462. The highest BCUT2D eigenvalue weighted by Crippen LogP contribution is 2.21. The topological polar surface area (TPSA) is 87.3 Å². The number of carbonyl (C=O) groups is 1. The Balaban J connectivity index is 2.94. The number of nitrogens with one attached hydrogen (secondary N) is 3. The number of hydrogen-bond acceptors (Lipinski definition) is 4. The van der Waals surface area contributed by atoms with E-state index in [9.17, 15) is 13.2 Å². The highest BCUT2D eigenvalue weighted by Gasteiger charge is 2.29. The van der Waals surface area contributed by atoms with Crippen LogP contribution in [-0.2, 0) is 14.8 Å². The van der Waals surface area contributed by atoms with Gasteiger partial charge in [0.25, 0.3) is 0 Å². The quantitative estimate of drug-likeness (QED) is 0.724. The summed E-state index contributed by atoms with van der Waals surface area (Å²) in [5.74, 6) is -0.220. The van der Waals surface area contributed by atoms with E-state index < -0.39 is 15.4 Å². The summed E-state index contributed by atoms with van der Waals surface area (Å²) >= 11 is 0. The Morgan fingerprint density at radius 3 is 2.35 bits per heavy atom. The Morgan fingerprint density at radius 1 is 1.20 bits per heavy atom. The van der Waals surface area contributed by atoms with E-state index in [0.717, 1.165) is 0 Å². The van der Waals surface area contributed by atoms with Crippen LogP contribution in [0.3, 0.4) is 0 Å². The van der Waals surface area contributed by atoms with Crippen molar-refractivity contribution >= 4 is 21.6 Å². The van der Waals surface area contributed by atoms with E-state index in [4.69, 9.17) is 0 Å². The van der Waals surface area contributed by atoms with Crippen LogP contribution in [0.25, 0.3) is 0 Å². The van der Waals surface area contributed by atoms with Gasteiger partial charge in [0, 0.05) is 20.6 Å².